The standard InChI is InChI=1S/C15H30N2O2/c1-12-7-15(11-16,8-13(2)19-12)17(3)9-14-5-4-6-18-10-14/h12-14H,4-11,16H2,1-3H3. The first kappa shape index (κ1) is 15.2. The maximum absolute atomic E-state index is 6.14. The Balaban J connectivity index is 1.98. The van der Waals surface area contributed by atoms with Gasteiger partial charge in [-0.2, -0.15) is 0 Å². The summed E-state index contributed by atoms with van der Waals surface area (Å²) in [7, 11) is 2.23. The molecule has 4 nitrogen and oxygen atoms in total. The van der Waals surface area contributed by atoms with E-state index in [-0.39, 0.29) is 5.54 Å². The molecule has 4 heteroatoms. The van der Waals surface area contributed by atoms with Crippen LogP contribution in [0.2, 0.25) is 0 Å². The molecule has 0 aromatic carbocycles. The molecule has 2 N–H and O–H groups in total. The second kappa shape index (κ2) is 6.53. The van der Waals surface area contributed by atoms with Gasteiger partial charge in [0.2, 0.25) is 0 Å². The van der Waals surface area contributed by atoms with Crippen molar-refractivity contribution in [3.05, 3.63) is 0 Å². The van der Waals surface area contributed by atoms with Crippen molar-refractivity contribution >= 4 is 0 Å². The topological polar surface area (TPSA) is 47.7 Å². The van der Waals surface area contributed by atoms with Gasteiger partial charge in [-0.25, -0.2) is 0 Å². The van der Waals surface area contributed by atoms with Crippen molar-refractivity contribution in [1.82, 2.24) is 4.90 Å². The quantitative estimate of drug-likeness (QED) is 0.843. The molecular formula is C15H30N2O2. The van der Waals surface area contributed by atoms with Crippen molar-refractivity contribution in [2.45, 2.75) is 57.3 Å². The zero-order valence-electron chi connectivity index (χ0n) is 12.7. The van der Waals surface area contributed by atoms with E-state index < -0.39 is 0 Å². The van der Waals surface area contributed by atoms with Gasteiger partial charge in [0.25, 0.3) is 0 Å². The predicted molar refractivity (Wildman–Crippen MR) is 77.2 cm³/mol. The average Bonchev–Trinajstić information content (AvgIpc) is 2.38. The Hall–Kier alpha value is -0.160. The Morgan fingerprint density at radius 2 is 1.95 bits per heavy atom. The lowest BCUT2D eigenvalue weighted by Gasteiger charge is -2.49. The molecule has 2 fully saturated rings. The van der Waals surface area contributed by atoms with Crippen molar-refractivity contribution in [3.63, 3.8) is 0 Å². The molecule has 2 heterocycles. The molecule has 0 aromatic rings. The molecule has 0 bridgehead atoms. The minimum atomic E-state index is 0.106. The maximum Gasteiger partial charge on any atom is 0.0568 e. The lowest BCUT2D eigenvalue weighted by molar-refractivity contribution is -0.103. The second-order valence-corrected chi connectivity index (χ2v) is 6.56. The number of nitrogens with zero attached hydrogens (tertiary/aromatic N) is 1. The van der Waals surface area contributed by atoms with Crippen molar-refractivity contribution in [2.24, 2.45) is 11.7 Å². The van der Waals surface area contributed by atoms with Gasteiger partial charge >= 0.3 is 0 Å². The Morgan fingerprint density at radius 3 is 2.47 bits per heavy atom. The van der Waals surface area contributed by atoms with Crippen LogP contribution in [0.15, 0.2) is 0 Å². The van der Waals surface area contributed by atoms with Gasteiger partial charge in [-0.15, -0.1) is 0 Å². The van der Waals surface area contributed by atoms with Gasteiger partial charge in [0.1, 0.15) is 0 Å². The van der Waals surface area contributed by atoms with Crippen LogP contribution in [0.25, 0.3) is 0 Å². The summed E-state index contributed by atoms with van der Waals surface area (Å²) in [5.41, 5.74) is 6.25. The average molecular weight is 270 g/mol. The summed E-state index contributed by atoms with van der Waals surface area (Å²) in [6.45, 7) is 7.98. The summed E-state index contributed by atoms with van der Waals surface area (Å²) in [6.07, 6.45) is 5.17. The summed E-state index contributed by atoms with van der Waals surface area (Å²) >= 11 is 0. The zero-order valence-corrected chi connectivity index (χ0v) is 12.7. The Kier molecular flexibility index (Phi) is 5.23. The van der Waals surface area contributed by atoms with E-state index >= 15 is 0 Å². The molecule has 3 unspecified atom stereocenters. The molecule has 0 aliphatic carbocycles. The molecule has 0 spiro atoms. The lowest BCUT2D eigenvalue weighted by Crippen LogP contribution is -2.59. The molecule has 0 aromatic heterocycles. The molecular weight excluding hydrogens is 240 g/mol. The largest absolute Gasteiger partial charge is 0.381 e. The van der Waals surface area contributed by atoms with Gasteiger partial charge in [0.05, 0.1) is 18.8 Å². The van der Waals surface area contributed by atoms with E-state index in [1.807, 2.05) is 0 Å². The minimum Gasteiger partial charge on any atom is -0.381 e. The van der Waals surface area contributed by atoms with E-state index in [2.05, 4.69) is 25.8 Å². The van der Waals surface area contributed by atoms with Crippen molar-refractivity contribution < 1.29 is 9.47 Å². The number of hydrogen-bond donors (Lipinski definition) is 1. The molecule has 2 saturated heterocycles. The van der Waals surface area contributed by atoms with E-state index in [0.29, 0.717) is 18.1 Å². The number of ether oxygens (including phenoxy) is 2. The van der Waals surface area contributed by atoms with Gasteiger partial charge in [-0.1, -0.05) is 0 Å². The summed E-state index contributed by atoms with van der Waals surface area (Å²) in [5.74, 6) is 0.663. The fourth-order valence-corrected chi connectivity index (χ4v) is 3.81. The van der Waals surface area contributed by atoms with Crippen LogP contribution in [-0.4, -0.2) is 56.0 Å². The SMILES string of the molecule is CC1CC(CN)(N(C)CC2CCCOC2)CC(C)O1. The summed E-state index contributed by atoms with van der Waals surface area (Å²) in [5, 5.41) is 0. The van der Waals surface area contributed by atoms with E-state index in [1.54, 1.807) is 0 Å². The fourth-order valence-electron chi connectivity index (χ4n) is 3.81. The van der Waals surface area contributed by atoms with Gasteiger partial charge in [-0.05, 0) is 52.5 Å². The van der Waals surface area contributed by atoms with Crippen molar-refractivity contribution in [1.29, 1.82) is 0 Å². The molecule has 2 rings (SSSR count). The van der Waals surface area contributed by atoms with E-state index in [4.69, 9.17) is 15.2 Å². The highest BCUT2D eigenvalue weighted by Crippen LogP contribution is 2.33. The highest BCUT2D eigenvalue weighted by atomic mass is 16.5. The van der Waals surface area contributed by atoms with E-state index in [0.717, 1.165) is 39.1 Å². The summed E-state index contributed by atoms with van der Waals surface area (Å²) in [4.78, 5) is 2.49. The lowest BCUT2D eigenvalue weighted by atomic mass is 9.82. The first-order chi connectivity index (χ1) is 9.05. The van der Waals surface area contributed by atoms with Gasteiger partial charge in [0.15, 0.2) is 0 Å². The predicted octanol–water partition coefficient (Wildman–Crippen LogP) is 1.63. The van der Waals surface area contributed by atoms with Crippen molar-refractivity contribution in [2.75, 3.05) is 33.4 Å². The first-order valence-corrected chi connectivity index (χ1v) is 7.70. The van der Waals surface area contributed by atoms with Gasteiger partial charge in [-0.3, -0.25) is 4.90 Å². The third-order valence-electron chi connectivity index (χ3n) is 4.78. The summed E-state index contributed by atoms with van der Waals surface area (Å²) < 4.78 is 11.5. The molecule has 0 saturated carbocycles. The van der Waals surface area contributed by atoms with E-state index in [1.165, 1.54) is 12.8 Å². The smallest absolute Gasteiger partial charge is 0.0568 e. The monoisotopic (exact) mass is 270 g/mol. The van der Waals surface area contributed by atoms with Crippen LogP contribution in [0.1, 0.15) is 39.5 Å². The fraction of sp³-hybridized carbons (Fsp3) is 1.00. The molecule has 0 amide bonds. The normalized spacial score (nSPS) is 40.6. The molecule has 3 atom stereocenters. The Bertz CT molecular complexity index is 269. The van der Waals surface area contributed by atoms with Crippen LogP contribution in [-0.2, 0) is 9.47 Å². The van der Waals surface area contributed by atoms with Crippen LogP contribution in [0.3, 0.4) is 0 Å². The number of hydrogen-bond acceptors (Lipinski definition) is 4. The van der Waals surface area contributed by atoms with Crippen LogP contribution in [0.5, 0.6) is 0 Å². The van der Waals surface area contributed by atoms with Crippen LogP contribution in [0, 0.1) is 5.92 Å². The zero-order chi connectivity index (χ0) is 13.9. The minimum absolute atomic E-state index is 0.106. The number of rotatable bonds is 4. The van der Waals surface area contributed by atoms with Gasteiger partial charge in [0, 0.05) is 25.2 Å². The molecule has 2 aliphatic heterocycles. The van der Waals surface area contributed by atoms with E-state index in [9.17, 15) is 0 Å². The second-order valence-electron chi connectivity index (χ2n) is 6.56. The molecule has 2 aliphatic rings. The van der Waals surface area contributed by atoms with Crippen molar-refractivity contribution in [3.8, 4) is 0 Å². The molecule has 19 heavy (non-hydrogen) atoms. The van der Waals surface area contributed by atoms with Crippen LogP contribution < -0.4 is 5.73 Å². The van der Waals surface area contributed by atoms with Crippen LogP contribution >= 0.6 is 0 Å². The van der Waals surface area contributed by atoms with Crippen LogP contribution in [0.4, 0.5) is 0 Å². The Morgan fingerprint density at radius 1 is 1.26 bits per heavy atom. The maximum atomic E-state index is 6.14. The Labute approximate surface area is 117 Å². The number of likely N-dealkylation sites (N-methyl/N-ethyl adjacent to an activating group) is 1. The first-order valence-electron chi connectivity index (χ1n) is 7.70. The highest BCUT2D eigenvalue weighted by molar-refractivity contribution is 4.97. The van der Waals surface area contributed by atoms with Gasteiger partial charge < -0.3 is 15.2 Å². The molecule has 0 radical (unpaired) electrons. The molecule has 112 valence electrons. The number of nitrogens with two attached hydrogens (primary N) is 1. The third-order valence-corrected chi connectivity index (χ3v) is 4.78. The third kappa shape index (κ3) is 3.69. The summed E-state index contributed by atoms with van der Waals surface area (Å²) in [6, 6.07) is 0. The highest BCUT2D eigenvalue weighted by Gasteiger charge is 2.41.